The van der Waals surface area contributed by atoms with Gasteiger partial charge in [-0.1, -0.05) is 13.8 Å². The lowest BCUT2D eigenvalue weighted by molar-refractivity contribution is 0.0588. The first-order chi connectivity index (χ1) is 14.6. The van der Waals surface area contributed by atoms with Gasteiger partial charge in [0.25, 0.3) is 5.91 Å². The van der Waals surface area contributed by atoms with Crippen LogP contribution in [0.4, 0.5) is 0 Å². The van der Waals surface area contributed by atoms with Crippen LogP contribution in [-0.4, -0.2) is 54.4 Å². The minimum absolute atomic E-state index is 0.0656. The molecule has 1 aromatic carbocycles. The zero-order valence-corrected chi connectivity index (χ0v) is 19.4. The highest BCUT2D eigenvalue weighted by Gasteiger charge is 2.27. The van der Waals surface area contributed by atoms with Gasteiger partial charge in [0, 0.05) is 30.4 Å². The predicted molar refractivity (Wildman–Crippen MR) is 119 cm³/mol. The van der Waals surface area contributed by atoms with Crippen molar-refractivity contribution in [1.82, 2.24) is 9.47 Å². The Labute approximate surface area is 183 Å². The number of carbonyl (C=O) groups excluding carboxylic acids is 3. The van der Waals surface area contributed by atoms with Crippen molar-refractivity contribution in [3.05, 3.63) is 52.3 Å². The first kappa shape index (κ1) is 24.2. The molecule has 0 unspecified atom stereocenters. The van der Waals surface area contributed by atoms with Gasteiger partial charge in [-0.25, -0.2) is 4.79 Å². The number of hydrogen-bond acceptors (Lipinski definition) is 5. The molecule has 0 saturated heterocycles. The number of nitrogens with zero attached hydrogens (tertiary/aromatic N) is 2. The lowest BCUT2D eigenvalue weighted by atomic mass is 10.0. The molecule has 0 aliphatic heterocycles. The Morgan fingerprint density at radius 1 is 1.06 bits per heavy atom. The molecular weight excluding hydrogens is 396 g/mol. The van der Waals surface area contributed by atoms with Gasteiger partial charge in [-0.05, 0) is 56.0 Å². The maximum absolute atomic E-state index is 13.3. The van der Waals surface area contributed by atoms with Crippen molar-refractivity contribution < 1.29 is 23.9 Å². The highest BCUT2D eigenvalue weighted by molar-refractivity contribution is 6.06. The molecule has 0 aliphatic carbocycles. The third-order valence-electron chi connectivity index (χ3n) is 5.52. The number of ether oxygens (including phenoxy) is 2. The molecule has 7 heteroatoms. The lowest BCUT2D eigenvalue weighted by Gasteiger charge is -2.23. The minimum atomic E-state index is -0.492. The number of benzene rings is 1. The van der Waals surface area contributed by atoms with Crippen LogP contribution in [0.1, 0.15) is 62.7 Å². The summed E-state index contributed by atoms with van der Waals surface area (Å²) in [4.78, 5) is 40.2. The first-order valence-corrected chi connectivity index (χ1v) is 10.3. The van der Waals surface area contributed by atoms with Crippen molar-refractivity contribution in [2.75, 3.05) is 27.3 Å². The summed E-state index contributed by atoms with van der Waals surface area (Å²) >= 11 is 0. The van der Waals surface area contributed by atoms with Crippen LogP contribution < -0.4 is 4.74 Å². The molecule has 0 aliphatic rings. The predicted octanol–water partition coefficient (Wildman–Crippen LogP) is 3.81. The van der Waals surface area contributed by atoms with Crippen molar-refractivity contribution >= 4 is 17.7 Å². The Hall–Kier alpha value is -3.09. The number of aromatic nitrogens is 1. The van der Waals surface area contributed by atoms with Gasteiger partial charge in [-0.15, -0.1) is 0 Å². The summed E-state index contributed by atoms with van der Waals surface area (Å²) in [6, 6.07) is 6.85. The second kappa shape index (κ2) is 10.3. The van der Waals surface area contributed by atoms with Crippen LogP contribution in [0.15, 0.2) is 24.3 Å². The fourth-order valence-electron chi connectivity index (χ4n) is 3.61. The number of methoxy groups -OCH3 is 2. The summed E-state index contributed by atoms with van der Waals surface area (Å²) < 4.78 is 11.7. The number of ketones is 1. The minimum Gasteiger partial charge on any atom is -0.497 e. The maximum atomic E-state index is 13.3. The standard InChI is InChI=1S/C24H32N2O5/c1-15(2)12-13-26(23(28)18-8-10-19(30-6)11-9-18)14-20(27)21-16(3)22(24(29)31-7)25(5)17(21)4/h8-11,15H,12-14H2,1-7H3. The third kappa shape index (κ3) is 5.34. The smallest absolute Gasteiger partial charge is 0.354 e. The maximum Gasteiger partial charge on any atom is 0.354 e. The first-order valence-electron chi connectivity index (χ1n) is 10.3. The molecule has 0 spiro atoms. The molecule has 31 heavy (non-hydrogen) atoms. The van der Waals surface area contributed by atoms with Crippen molar-refractivity contribution in [3.63, 3.8) is 0 Å². The fourth-order valence-corrected chi connectivity index (χ4v) is 3.61. The van der Waals surface area contributed by atoms with E-state index in [1.807, 2.05) is 0 Å². The molecule has 2 aromatic rings. The number of carbonyl (C=O) groups is 3. The van der Waals surface area contributed by atoms with Gasteiger partial charge in [0.15, 0.2) is 5.78 Å². The summed E-state index contributed by atoms with van der Waals surface area (Å²) in [7, 11) is 4.61. The Morgan fingerprint density at radius 2 is 1.68 bits per heavy atom. The Balaban J connectivity index is 2.35. The Morgan fingerprint density at radius 3 is 2.19 bits per heavy atom. The van der Waals surface area contributed by atoms with Crippen molar-refractivity contribution in [3.8, 4) is 5.75 Å². The molecule has 1 heterocycles. The summed E-state index contributed by atoms with van der Waals surface area (Å²) in [5.41, 5.74) is 2.54. The lowest BCUT2D eigenvalue weighted by Crippen LogP contribution is -2.37. The van der Waals surface area contributed by atoms with Gasteiger partial charge in [0.2, 0.25) is 0 Å². The van der Waals surface area contributed by atoms with Crippen molar-refractivity contribution in [1.29, 1.82) is 0 Å². The topological polar surface area (TPSA) is 77.8 Å². The summed E-state index contributed by atoms with van der Waals surface area (Å²) in [6.45, 7) is 8.07. The van der Waals surface area contributed by atoms with Gasteiger partial charge in [0.1, 0.15) is 11.4 Å². The largest absolute Gasteiger partial charge is 0.497 e. The highest BCUT2D eigenvalue weighted by atomic mass is 16.5. The Kier molecular flexibility index (Phi) is 8.02. The molecule has 0 bridgehead atoms. The van der Waals surface area contributed by atoms with Crippen molar-refractivity contribution in [2.24, 2.45) is 13.0 Å². The van der Waals surface area contributed by atoms with Crippen LogP contribution in [0, 0.1) is 19.8 Å². The van der Waals surface area contributed by atoms with E-state index >= 15 is 0 Å². The third-order valence-corrected chi connectivity index (χ3v) is 5.52. The van der Waals surface area contributed by atoms with Gasteiger partial charge in [-0.3, -0.25) is 9.59 Å². The Bertz CT molecular complexity index is 957. The quantitative estimate of drug-likeness (QED) is 0.448. The van der Waals surface area contributed by atoms with Gasteiger partial charge in [0.05, 0.1) is 20.8 Å². The van der Waals surface area contributed by atoms with Crippen LogP contribution >= 0.6 is 0 Å². The molecule has 2 rings (SSSR count). The second-order valence-corrected chi connectivity index (χ2v) is 8.05. The molecule has 1 aromatic heterocycles. The van der Waals surface area contributed by atoms with E-state index in [2.05, 4.69) is 13.8 Å². The number of rotatable bonds is 9. The number of esters is 1. The zero-order chi connectivity index (χ0) is 23.3. The van der Waals surface area contributed by atoms with Gasteiger partial charge >= 0.3 is 5.97 Å². The van der Waals surface area contributed by atoms with E-state index in [0.717, 1.165) is 6.42 Å². The van der Waals surface area contributed by atoms with Gasteiger partial charge < -0.3 is 18.9 Å². The second-order valence-electron chi connectivity index (χ2n) is 8.05. The van der Waals surface area contributed by atoms with Crippen LogP contribution in [0.3, 0.4) is 0 Å². The number of Topliss-reactive ketones (excluding diaryl/α,β-unsaturated/α-hetero) is 1. The number of amides is 1. The fraction of sp³-hybridized carbons (Fsp3) is 0.458. The summed E-state index contributed by atoms with van der Waals surface area (Å²) in [6.07, 6.45) is 0.773. The van der Waals surface area contributed by atoms with Crippen LogP contribution in [0.2, 0.25) is 0 Å². The normalized spacial score (nSPS) is 10.8. The molecule has 7 nitrogen and oxygen atoms in total. The average Bonchev–Trinajstić information content (AvgIpc) is 2.98. The van der Waals surface area contributed by atoms with E-state index in [1.165, 1.54) is 7.11 Å². The molecular formula is C24H32N2O5. The van der Waals surface area contributed by atoms with E-state index in [4.69, 9.17) is 9.47 Å². The zero-order valence-electron chi connectivity index (χ0n) is 19.4. The van der Waals surface area contributed by atoms with E-state index < -0.39 is 5.97 Å². The molecule has 168 valence electrons. The molecule has 0 radical (unpaired) electrons. The molecule has 0 N–H and O–H groups in total. The molecule has 0 atom stereocenters. The van der Waals surface area contributed by atoms with Crippen molar-refractivity contribution in [2.45, 2.75) is 34.1 Å². The highest BCUT2D eigenvalue weighted by Crippen LogP contribution is 2.23. The van der Waals surface area contributed by atoms with Crippen LogP contribution in [-0.2, 0) is 11.8 Å². The summed E-state index contributed by atoms with van der Waals surface area (Å²) in [5.74, 6) is 0.134. The summed E-state index contributed by atoms with van der Waals surface area (Å²) in [5, 5.41) is 0. The SMILES string of the molecule is COC(=O)c1c(C)c(C(=O)CN(CCC(C)C)C(=O)c2ccc(OC)cc2)c(C)n1C. The molecule has 0 saturated carbocycles. The monoisotopic (exact) mass is 428 g/mol. The van der Waals surface area contributed by atoms with E-state index in [0.29, 0.717) is 46.3 Å². The average molecular weight is 429 g/mol. The van der Waals surface area contributed by atoms with Gasteiger partial charge in [-0.2, -0.15) is 0 Å². The van der Waals surface area contributed by atoms with E-state index in [-0.39, 0.29) is 18.2 Å². The van der Waals surface area contributed by atoms with Crippen LogP contribution in [0.25, 0.3) is 0 Å². The number of hydrogen-bond donors (Lipinski definition) is 0. The van der Waals surface area contributed by atoms with E-state index in [9.17, 15) is 14.4 Å². The molecule has 1 amide bonds. The van der Waals surface area contributed by atoms with Crippen LogP contribution in [0.5, 0.6) is 5.75 Å². The van der Waals surface area contributed by atoms with E-state index in [1.54, 1.807) is 61.7 Å². The molecule has 0 fully saturated rings.